The fraction of sp³-hybridized carbons (Fsp3) is 1.00. The molecule has 0 heterocycles. The van der Waals surface area contributed by atoms with Gasteiger partial charge in [0.05, 0.1) is 0 Å². The molecular formula is C18H35N. The van der Waals surface area contributed by atoms with Gasteiger partial charge in [-0.2, -0.15) is 0 Å². The predicted octanol–water partition coefficient (Wildman–Crippen LogP) is 5.30. The molecule has 19 heavy (non-hydrogen) atoms. The molecule has 0 bridgehead atoms. The summed E-state index contributed by atoms with van der Waals surface area (Å²) in [7, 11) is 0. The lowest BCUT2D eigenvalue weighted by molar-refractivity contribution is 0.324. The zero-order valence-corrected chi connectivity index (χ0v) is 13.0. The molecule has 0 aromatic heterocycles. The van der Waals surface area contributed by atoms with Crippen LogP contribution in [0, 0.1) is 11.8 Å². The fourth-order valence-electron chi connectivity index (χ4n) is 3.98. The average Bonchev–Trinajstić information content (AvgIpc) is 2.33. The Bertz CT molecular complexity index is 176. The highest BCUT2D eigenvalue weighted by molar-refractivity contribution is 4.70. The molecule has 0 atom stereocenters. The Labute approximate surface area is 120 Å². The molecule has 0 unspecified atom stereocenters. The van der Waals surface area contributed by atoms with Crippen molar-refractivity contribution in [3.63, 3.8) is 0 Å². The summed E-state index contributed by atoms with van der Waals surface area (Å²) in [5.41, 5.74) is 0. The zero-order chi connectivity index (χ0) is 13.2. The van der Waals surface area contributed by atoms with E-state index in [1.807, 2.05) is 0 Å². The van der Waals surface area contributed by atoms with Crippen molar-refractivity contribution in [1.82, 2.24) is 5.32 Å². The van der Waals surface area contributed by atoms with Gasteiger partial charge in [0.25, 0.3) is 0 Å². The Kier molecular flexibility index (Phi) is 7.92. The van der Waals surface area contributed by atoms with Gasteiger partial charge in [0, 0.05) is 0 Å². The Morgan fingerprint density at radius 2 is 0.789 bits per heavy atom. The van der Waals surface area contributed by atoms with E-state index in [1.54, 1.807) is 0 Å². The Balaban J connectivity index is 1.58. The van der Waals surface area contributed by atoms with Gasteiger partial charge < -0.3 is 5.32 Å². The molecule has 0 aromatic carbocycles. The third kappa shape index (κ3) is 6.79. The molecule has 2 saturated carbocycles. The third-order valence-corrected chi connectivity index (χ3v) is 5.32. The van der Waals surface area contributed by atoms with Gasteiger partial charge in [0.2, 0.25) is 0 Å². The van der Waals surface area contributed by atoms with Gasteiger partial charge in [0.1, 0.15) is 0 Å². The molecule has 112 valence electrons. The Morgan fingerprint density at radius 3 is 1.16 bits per heavy atom. The quantitative estimate of drug-likeness (QED) is 0.727. The summed E-state index contributed by atoms with van der Waals surface area (Å²) < 4.78 is 0. The van der Waals surface area contributed by atoms with Crippen LogP contribution >= 0.6 is 0 Å². The van der Waals surface area contributed by atoms with Crippen LogP contribution < -0.4 is 5.32 Å². The molecule has 1 heteroatoms. The molecule has 2 rings (SSSR count). The fourth-order valence-corrected chi connectivity index (χ4v) is 3.98. The summed E-state index contributed by atoms with van der Waals surface area (Å²) in [6.07, 6.45) is 20.8. The van der Waals surface area contributed by atoms with Gasteiger partial charge in [-0.1, -0.05) is 64.2 Å². The van der Waals surface area contributed by atoms with Gasteiger partial charge >= 0.3 is 0 Å². The second-order valence-corrected chi connectivity index (χ2v) is 7.08. The van der Waals surface area contributed by atoms with Crippen LogP contribution in [-0.2, 0) is 0 Å². The van der Waals surface area contributed by atoms with Crippen LogP contribution in [0.25, 0.3) is 0 Å². The van der Waals surface area contributed by atoms with Crippen molar-refractivity contribution in [1.29, 1.82) is 0 Å². The third-order valence-electron chi connectivity index (χ3n) is 5.32. The molecular weight excluding hydrogens is 230 g/mol. The van der Waals surface area contributed by atoms with Gasteiger partial charge in [-0.3, -0.25) is 0 Å². The van der Waals surface area contributed by atoms with E-state index in [-0.39, 0.29) is 0 Å². The maximum Gasteiger partial charge on any atom is -0.00204 e. The van der Waals surface area contributed by atoms with E-state index in [1.165, 1.54) is 103 Å². The number of hydrogen-bond acceptors (Lipinski definition) is 1. The topological polar surface area (TPSA) is 12.0 Å². The van der Waals surface area contributed by atoms with Crippen LogP contribution in [0.2, 0.25) is 0 Å². The summed E-state index contributed by atoms with van der Waals surface area (Å²) in [5, 5.41) is 3.82. The molecule has 1 N–H and O–H groups in total. The SMILES string of the molecule is C1CCCC(CNCC2CCCCCCC2)CCC1. The summed E-state index contributed by atoms with van der Waals surface area (Å²) in [6.45, 7) is 2.60. The van der Waals surface area contributed by atoms with Crippen molar-refractivity contribution in [2.45, 2.75) is 89.9 Å². The lowest BCUT2D eigenvalue weighted by atomic mass is 9.89. The van der Waals surface area contributed by atoms with Crippen molar-refractivity contribution in [3.05, 3.63) is 0 Å². The Hall–Kier alpha value is -0.0400. The first kappa shape index (κ1) is 15.4. The second kappa shape index (κ2) is 9.80. The molecule has 0 aliphatic heterocycles. The van der Waals surface area contributed by atoms with E-state index in [4.69, 9.17) is 0 Å². The minimum Gasteiger partial charge on any atom is -0.316 e. The molecule has 0 saturated heterocycles. The zero-order valence-electron chi connectivity index (χ0n) is 13.0. The maximum absolute atomic E-state index is 3.82. The molecule has 0 radical (unpaired) electrons. The van der Waals surface area contributed by atoms with Crippen molar-refractivity contribution in [2.75, 3.05) is 13.1 Å². The van der Waals surface area contributed by atoms with Gasteiger partial charge in [-0.25, -0.2) is 0 Å². The summed E-state index contributed by atoms with van der Waals surface area (Å²) in [5.74, 6) is 1.96. The van der Waals surface area contributed by atoms with Crippen LogP contribution in [0.15, 0.2) is 0 Å². The van der Waals surface area contributed by atoms with Crippen LogP contribution in [-0.4, -0.2) is 13.1 Å². The molecule has 0 aromatic rings. The highest BCUT2D eigenvalue weighted by atomic mass is 14.9. The van der Waals surface area contributed by atoms with Gasteiger partial charge in [-0.15, -0.1) is 0 Å². The van der Waals surface area contributed by atoms with E-state index >= 15 is 0 Å². The number of nitrogens with one attached hydrogen (secondary N) is 1. The van der Waals surface area contributed by atoms with Crippen molar-refractivity contribution < 1.29 is 0 Å². The lowest BCUT2D eigenvalue weighted by Gasteiger charge is -2.23. The second-order valence-electron chi connectivity index (χ2n) is 7.08. The van der Waals surface area contributed by atoms with Crippen LogP contribution in [0.3, 0.4) is 0 Å². The van der Waals surface area contributed by atoms with Gasteiger partial charge in [-0.05, 0) is 50.6 Å². The molecule has 1 nitrogen and oxygen atoms in total. The predicted molar refractivity (Wildman–Crippen MR) is 84.5 cm³/mol. The highest BCUT2D eigenvalue weighted by Crippen LogP contribution is 2.23. The van der Waals surface area contributed by atoms with Crippen molar-refractivity contribution >= 4 is 0 Å². The van der Waals surface area contributed by atoms with E-state index in [0.717, 1.165) is 11.8 Å². The van der Waals surface area contributed by atoms with E-state index in [0.29, 0.717) is 0 Å². The molecule has 2 aliphatic rings. The van der Waals surface area contributed by atoms with Crippen molar-refractivity contribution in [3.8, 4) is 0 Å². The molecule has 2 aliphatic carbocycles. The Morgan fingerprint density at radius 1 is 0.474 bits per heavy atom. The monoisotopic (exact) mass is 265 g/mol. The average molecular weight is 265 g/mol. The van der Waals surface area contributed by atoms with E-state index in [2.05, 4.69) is 5.32 Å². The smallest absolute Gasteiger partial charge is 0.00204 e. The first-order chi connectivity index (χ1) is 9.45. The standard InChI is InChI=1S/C18H35N/c1-3-7-11-17(12-8-4-1)15-19-16-18-13-9-5-2-6-10-14-18/h17-19H,1-16H2. The molecule has 2 fully saturated rings. The first-order valence-corrected chi connectivity index (χ1v) is 9.16. The minimum atomic E-state index is 0.980. The summed E-state index contributed by atoms with van der Waals surface area (Å²) >= 11 is 0. The largest absolute Gasteiger partial charge is 0.316 e. The number of hydrogen-bond donors (Lipinski definition) is 1. The van der Waals surface area contributed by atoms with Gasteiger partial charge in [0.15, 0.2) is 0 Å². The van der Waals surface area contributed by atoms with Crippen LogP contribution in [0.5, 0.6) is 0 Å². The molecule has 0 spiro atoms. The highest BCUT2D eigenvalue weighted by Gasteiger charge is 2.14. The normalized spacial score (nSPS) is 25.3. The maximum atomic E-state index is 3.82. The first-order valence-electron chi connectivity index (χ1n) is 9.16. The van der Waals surface area contributed by atoms with Crippen LogP contribution in [0.4, 0.5) is 0 Å². The lowest BCUT2D eigenvalue weighted by Crippen LogP contribution is -2.29. The molecule has 0 amide bonds. The van der Waals surface area contributed by atoms with E-state index in [9.17, 15) is 0 Å². The summed E-state index contributed by atoms with van der Waals surface area (Å²) in [6, 6.07) is 0. The number of rotatable bonds is 4. The van der Waals surface area contributed by atoms with Crippen LogP contribution in [0.1, 0.15) is 89.9 Å². The summed E-state index contributed by atoms with van der Waals surface area (Å²) in [4.78, 5) is 0. The minimum absolute atomic E-state index is 0.980. The van der Waals surface area contributed by atoms with E-state index < -0.39 is 0 Å². The van der Waals surface area contributed by atoms with Crippen molar-refractivity contribution in [2.24, 2.45) is 11.8 Å².